The smallest absolute Gasteiger partial charge is 0.231 e. The van der Waals surface area contributed by atoms with E-state index in [0.717, 1.165) is 29.9 Å². The third-order valence-corrected chi connectivity index (χ3v) is 4.18. The largest absolute Gasteiger partial charge is 0.454 e. The van der Waals surface area contributed by atoms with Gasteiger partial charge in [0.2, 0.25) is 6.79 Å². The highest BCUT2D eigenvalue weighted by molar-refractivity contribution is 5.51. The molecule has 0 bridgehead atoms. The molecule has 2 N–H and O–H groups in total. The lowest BCUT2D eigenvalue weighted by atomic mass is 9.75. The molecule has 1 aliphatic carbocycles. The van der Waals surface area contributed by atoms with Crippen LogP contribution >= 0.6 is 0 Å². The number of nitrogens with two attached hydrogens (primary N) is 1. The minimum atomic E-state index is -0.243. The number of fused-ring (bicyclic) bond motifs is 1. The Kier molecular flexibility index (Phi) is 3.37. The van der Waals surface area contributed by atoms with E-state index in [1.165, 1.54) is 24.8 Å². The molecule has 104 valence electrons. The van der Waals surface area contributed by atoms with Crippen LogP contribution in [0.4, 0.5) is 0 Å². The van der Waals surface area contributed by atoms with Gasteiger partial charge in [-0.25, -0.2) is 0 Å². The molecule has 3 rings (SSSR count). The van der Waals surface area contributed by atoms with Crippen LogP contribution in [-0.2, 0) is 16.9 Å². The Morgan fingerprint density at radius 2 is 1.84 bits per heavy atom. The van der Waals surface area contributed by atoms with E-state index in [0.29, 0.717) is 13.4 Å². The fourth-order valence-electron chi connectivity index (χ4n) is 3.17. The zero-order valence-electron chi connectivity index (χ0n) is 11.4. The van der Waals surface area contributed by atoms with Gasteiger partial charge in [0.15, 0.2) is 11.5 Å². The Bertz CT molecular complexity index is 467. The molecule has 2 aliphatic rings. The van der Waals surface area contributed by atoms with Crippen molar-refractivity contribution in [1.82, 2.24) is 0 Å². The summed E-state index contributed by atoms with van der Waals surface area (Å²) < 4.78 is 16.2. The summed E-state index contributed by atoms with van der Waals surface area (Å²) in [5.41, 5.74) is 8.70. The Labute approximate surface area is 113 Å². The van der Waals surface area contributed by atoms with Gasteiger partial charge in [0.05, 0.1) is 6.61 Å². The number of benzene rings is 1. The topological polar surface area (TPSA) is 53.7 Å². The van der Waals surface area contributed by atoms with E-state index in [1.807, 2.05) is 6.07 Å². The second kappa shape index (κ2) is 5.02. The molecule has 0 amide bonds. The highest BCUT2D eigenvalue weighted by Gasteiger charge is 2.33. The Hall–Kier alpha value is -1.26. The molecular weight excluding hydrogens is 242 g/mol. The zero-order chi connectivity index (χ0) is 13.3. The minimum absolute atomic E-state index is 0.243. The van der Waals surface area contributed by atoms with Crippen molar-refractivity contribution >= 4 is 0 Å². The molecule has 4 nitrogen and oxygen atoms in total. The summed E-state index contributed by atoms with van der Waals surface area (Å²) in [6.45, 7) is 0.855. The second-order valence-electron chi connectivity index (χ2n) is 5.51. The third-order valence-electron chi connectivity index (χ3n) is 4.18. The average molecular weight is 263 g/mol. The molecule has 1 aromatic carbocycles. The van der Waals surface area contributed by atoms with Gasteiger partial charge < -0.3 is 19.9 Å². The van der Waals surface area contributed by atoms with Gasteiger partial charge in [0, 0.05) is 12.6 Å². The number of hydrogen-bond donors (Lipinski definition) is 1. The van der Waals surface area contributed by atoms with Gasteiger partial charge >= 0.3 is 0 Å². The normalized spacial score (nSPS) is 20.5. The Balaban J connectivity index is 2.02. The maximum atomic E-state index is 6.65. The van der Waals surface area contributed by atoms with Gasteiger partial charge in [-0.15, -0.1) is 0 Å². The molecule has 1 heterocycles. The first-order valence-corrected chi connectivity index (χ1v) is 6.94. The molecule has 0 atom stereocenters. The minimum Gasteiger partial charge on any atom is -0.454 e. The SMILES string of the molecule is COCc1cc2c(cc1C1(N)CCCCC1)OCO2. The van der Waals surface area contributed by atoms with Crippen molar-refractivity contribution in [3.63, 3.8) is 0 Å². The van der Waals surface area contributed by atoms with Gasteiger partial charge in [-0.1, -0.05) is 19.3 Å². The summed E-state index contributed by atoms with van der Waals surface area (Å²) in [6, 6.07) is 4.08. The van der Waals surface area contributed by atoms with E-state index in [2.05, 4.69) is 6.07 Å². The first-order chi connectivity index (χ1) is 9.23. The van der Waals surface area contributed by atoms with Gasteiger partial charge in [-0.05, 0) is 36.1 Å². The third kappa shape index (κ3) is 2.30. The summed E-state index contributed by atoms with van der Waals surface area (Å²) in [4.78, 5) is 0. The molecule has 1 saturated carbocycles. The molecule has 0 saturated heterocycles. The van der Waals surface area contributed by atoms with E-state index in [9.17, 15) is 0 Å². The van der Waals surface area contributed by atoms with Crippen molar-refractivity contribution in [3.8, 4) is 11.5 Å². The van der Waals surface area contributed by atoms with Crippen LogP contribution in [0.25, 0.3) is 0 Å². The average Bonchev–Trinajstić information content (AvgIpc) is 2.86. The molecule has 0 spiro atoms. The monoisotopic (exact) mass is 263 g/mol. The van der Waals surface area contributed by atoms with E-state index in [4.69, 9.17) is 19.9 Å². The maximum absolute atomic E-state index is 6.65. The molecule has 4 heteroatoms. The fourth-order valence-corrected chi connectivity index (χ4v) is 3.17. The van der Waals surface area contributed by atoms with Crippen LogP contribution in [0.15, 0.2) is 12.1 Å². The van der Waals surface area contributed by atoms with Crippen LogP contribution in [0.1, 0.15) is 43.2 Å². The Morgan fingerprint density at radius 3 is 2.53 bits per heavy atom. The summed E-state index contributed by atoms with van der Waals surface area (Å²) in [5.74, 6) is 1.61. The van der Waals surface area contributed by atoms with Crippen LogP contribution in [0.5, 0.6) is 11.5 Å². The van der Waals surface area contributed by atoms with E-state index >= 15 is 0 Å². The number of rotatable bonds is 3. The molecule has 1 fully saturated rings. The summed E-state index contributed by atoms with van der Waals surface area (Å²) in [7, 11) is 1.71. The zero-order valence-corrected chi connectivity index (χ0v) is 11.4. The number of hydrogen-bond acceptors (Lipinski definition) is 4. The summed E-state index contributed by atoms with van der Waals surface area (Å²) >= 11 is 0. The quantitative estimate of drug-likeness (QED) is 0.911. The van der Waals surface area contributed by atoms with Crippen LogP contribution in [0.2, 0.25) is 0 Å². The number of ether oxygens (including phenoxy) is 3. The highest BCUT2D eigenvalue weighted by Crippen LogP contribution is 2.42. The predicted molar refractivity (Wildman–Crippen MR) is 72.2 cm³/mol. The molecule has 19 heavy (non-hydrogen) atoms. The molecule has 1 aromatic rings. The number of methoxy groups -OCH3 is 1. The molecule has 1 aliphatic heterocycles. The van der Waals surface area contributed by atoms with Crippen molar-refractivity contribution in [2.24, 2.45) is 5.73 Å². The van der Waals surface area contributed by atoms with Gasteiger partial charge in [0.25, 0.3) is 0 Å². The predicted octanol–water partition coefficient (Wildman–Crippen LogP) is 2.68. The van der Waals surface area contributed by atoms with Crippen molar-refractivity contribution in [3.05, 3.63) is 23.3 Å². The summed E-state index contributed by atoms with van der Waals surface area (Å²) in [6.07, 6.45) is 5.73. The van der Waals surface area contributed by atoms with Gasteiger partial charge in [-0.2, -0.15) is 0 Å². The van der Waals surface area contributed by atoms with Crippen LogP contribution in [-0.4, -0.2) is 13.9 Å². The van der Waals surface area contributed by atoms with Crippen LogP contribution in [0.3, 0.4) is 0 Å². The maximum Gasteiger partial charge on any atom is 0.231 e. The van der Waals surface area contributed by atoms with Crippen molar-refractivity contribution < 1.29 is 14.2 Å². The van der Waals surface area contributed by atoms with Gasteiger partial charge in [-0.3, -0.25) is 0 Å². The van der Waals surface area contributed by atoms with Crippen molar-refractivity contribution in [1.29, 1.82) is 0 Å². The van der Waals surface area contributed by atoms with E-state index in [-0.39, 0.29) is 5.54 Å². The van der Waals surface area contributed by atoms with E-state index < -0.39 is 0 Å². The molecule has 0 aromatic heterocycles. The van der Waals surface area contributed by atoms with Gasteiger partial charge in [0.1, 0.15) is 0 Å². The Morgan fingerprint density at radius 1 is 1.16 bits per heavy atom. The van der Waals surface area contributed by atoms with E-state index in [1.54, 1.807) is 7.11 Å². The van der Waals surface area contributed by atoms with Crippen LogP contribution in [0, 0.1) is 0 Å². The van der Waals surface area contributed by atoms with Crippen molar-refractivity contribution in [2.75, 3.05) is 13.9 Å². The van der Waals surface area contributed by atoms with Crippen molar-refractivity contribution in [2.45, 2.75) is 44.2 Å². The lowest BCUT2D eigenvalue weighted by molar-refractivity contribution is 0.173. The standard InChI is InChI=1S/C15H21NO3/c1-17-9-11-7-13-14(19-10-18-13)8-12(11)15(16)5-3-2-4-6-15/h7-8H,2-6,9-10,16H2,1H3. The first kappa shape index (κ1) is 12.8. The molecular formula is C15H21NO3. The van der Waals surface area contributed by atoms with Crippen LogP contribution < -0.4 is 15.2 Å². The lowest BCUT2D eigenvalue weighted by Crippen LogP contribution is -2.39. The summed E-state index contributed by atoms with van der Waals surface area (Å²) in [5, 5.41) is 0. The fraction of sp³-hybridized carbons (Fsp3) is 0.600. The lowest BCUT2D eigenvalue weighted by Gasteiger charge is -2.35. The highest BCUT2D eigenvalue weighted by atomic mass is 16.7. The molecule has 0 radical (unpaired) electrons. The second-order valence-corrected chi connectivity index (χ2v) is 5.51. The molecule has 0 unspecified atom stereocenters. The first-order valence-electron chi connectivity index (χ1n) is 6.94.